The van der Waals surface area contributed by atoms with Gasteiger partial charge in [-0.05, 0) is 56.9 Å². The molecule has 0 bridgehead atoms. The summed E-state index contributed by atoms with van der Waals surface area (Å²) in [6.45, 7) is 8.80. The van der Waals surface area contributed by atoms with Gasteiger partial charge < -0.3 is 14.8 Å². The third-order valence-corrected chi connectivity index (χ3v) is 6.99. The molecule has 0 spiro atoms. The molecular weight excluding hydrogens is 410 g/mol. The lowest BCUT2D eigenvalue weighted by atomic mass is 9.94. The van der Waals surface area contributed by atoms with E-state index in [9.17, 15) is 4.79 Å². The average molecular weight is 444 g/mol. The van der Waals surface area contributed by atoms with E-state index in [-0.39, 0.29) is 11.8 Å². The lowest BCUT2D eigenvalue weighted by Gasteiger charge is -2.35. The van der Waals surface area contributed by atoms with Gasteiger partial charge in [0, 0.05) is 55.8 Å². The number of hydrogen-bond donors (Lipinski definition) is 1. The molecule has 1 fully saturated rings. The number of aromatic nitrogens is 3. The number of nitrogens with one attached hydrogen (secondary N) is 1. The third-order valence-electron chi connectivity index (χ3n) is 6.99. The first kappa shape index (κ1) is 21.7. The van der Waals surface area contributed by atoms with Crippen molar-refractivity contribution in [2.45, 2.75) is 52.9 Å². The van der Waals surface area contributed by atoms with Crippen molar-refractivity contribution in [1.29, 1.82) is 0 Å². The van der Waals surface area contributed by atoms with Gasteiger partial charge in [0.25, 0.3) is 0 Å². The molecule has 1 aromatic carbocycles. The van der Waals surface area contributed by atoms with Crippen LogP contribution >= 0.6 is 0 Å². The van der Waals surface area contributed by atoms with Crippen LogP contribution in [0.25, 0.3) is 11.3 Å². The second-order valence-corrected chi connectivity index (χ2v) is 9.43. The number of aromatic amines is 1. The van der Waals surface area contributed by atoms with Gasteiger partial charge in [-0.25, -0.2) is 9.97 Å². The number of H-pyrrole nitrogens is 1. The molecule has 33 heavy (non-hydrogen) atoms. The normalized spacial score (nSPS) is 16.3. The Morgan fingerprint density at radius 3 is 2.73 bits per heavy atom. The Morgan fingerprint density at radius 1 is 1.15 bits per heavy atom. The second kappa shape index (κ2) is 9.00. The molecule has 4 heterocycles. The molecule has 172 valence electrons. The lowest BCUT2D eigenvalue weighted by Crippen LogP contribution is -2.43. The standard InChI is InChI=1S/C27H33N5O/c1-4-6-24-29-22-12-16-32(23-9-8-18(2)17-21(23)25(22)30-24)27(33)20-10-14-31(15-11-20)26-19(3)7-5-13-28-26/h5,7-9,13,17,20H,4,6,10-12,14-16H2,1-3H3,(H,29,30). The monoisotopic (exact) mass is 443 g/mol. The topological polar surface area (TPSA) is 65.1 Å². The molecule has 2 aliphatic rings. The van der Waals surface area contributed by atoms with Crippen molar-refractivity contribution >= 4 is 17.4 Å². The Hall–Kier alpha value is -3.15. The van der Waals surface area contributed by atoms with Gasteiger partial charge in [0.2, 0.25) is 5.91 Å². The Bertz CT molecular complexity index is 1160. The van der Waals surface area contributed by atoms with Gasteiger partial charge in [-0.15, -0.1) is 0 Å². The zero-order valence-corrected chi connectivity index (χ0v) is 19.9. The Balaban J connectivity index is 1.38. The van der Waals surface area contributed by atoms with E-state index in [1.807, 2.05) is 17.2 Å². The molecule has 0 radical (unpaired) electrons. The molecule has 3 aromatic rings. The predicted octanol–water partition coefficient (Wildman–Crippen LogP) is 4.85. The smallest absolute Gasteiger partial charge is 0.230 e. The summed E-state index contributed by atoms with van der Waals surface area (Å²) < 4.78 is 0. The molecule has 2 aliphatic heterocycles. The van der Waals surface area contributed by atoms with E-state index in [0.29, 0.717) is 6.54 Å². The maximum Gasteiger partial charge on any atom is 0.230 e. The van der Waals surface area contributed by atoms with Gasteiger partial charge in [-0.2, -0.15) is 0 Å². The van der Waals surface area contributed by atoms with E-state index in [1.165, 1.54) is 11.1 Å². The van der Waals surface area contributed by atoms with Gasteiger partial charge >= 0.3 is 0 Å². The number of amides is 1. The molecule has 0 atom stereocenters. The second-order valence-electron chi connectivity index (χ2n) is 9.43. The highest BCUT2D eigenvalue weighted by Gasteiger charge is 2.33. The number of carbonyl (C=O) groups excluding carboxylic acids is 1. The first-order valence-electron chi connectivity index (χ1n) is 12.2. The molecule has 1 saturated heterocycles. The van der Waals surface area contributed by atoms with Crippen LogP contribution in [0.4, 0.5) is 11.5 Å². The molecule has 1 N–H and O–H groups in total. The highest BCUT2D eigenvalue weighted by Crippen LogP contribution is 2.38. The van der Waals surface area contributed by atoms with Crippen LogP contribution in [-0.2, 0) is 17.6 Å². The van der Waals surface area contributed by atoms with Gasteiger partial charge in [0.15, 0.2) is 0 Å². The van der Waals surface area contributed by atoms with Crippen LogP contribution in [0, 0.1) is 19.8 Å². The van der Waals surface area contributed by atoms with Crippen LogP contribution < -0.4 is 9.80 Å². The first-order chi connectivity index (χ1) is 16.0. The molecule has 2 aromatic heterocycles. The van der Waals surface area contributed by atoms with Crippen molar-refractivity contribution in [1.82, 2.24) is 15.0 Å². The number of aryl methyl sites for hydroxylation is 3. The molecule has 1 amide bonds. The summed E-state index contributed by atoms with van der Waals surface area (Å²) in [6, 6.07) is 10.5. The number of carbonyl (C=O) groups is 1. The highest BCUT2D eigenvalue weighted by atomic mass is 16.2. The number of piperidine rings is 1. The van der Waals surface area contributed by atoms with E-state index < -0.39 is 0 Å². The number of pyridine rings is 1. The Labute approximate surface area is 196 Å². The van der Waals surface area contributed by atoms with Crippen molar-refractivity contribution in [2.75, 3.05) is 29.4 Å². The van der Waals surface area contributed by atoms with Gasteiger partial charge in [0.1, 0.15) is 11.6 Å². The summed E-state index contributed by atoms with van der Waals surface area (Å²) in [4.78, 5) is 31.2. The van der Waals surface area contributed by atoms with E-state index >= 15 is 0 Å². The van der Waals surface area contributed by atoms with Crippen LogP contribution in [0.2, 0.25) is 0 Å². The average Bonchev–Trinajstić information content (AvgIpc) is 3.16. The summed E-state index contributed by atoms with van der Waals surface area (Å²) in [6.07, 6.45) is 6.38. The maximum absolute atomic E-state index is 13.8. The minimum Gasteiger partial charge on any atom is -0.356 e. The quantitative estimate of drug-likeness (QED) is 0.626. The Kier molecular flexibility index (Phi) is 5.92. The number of imidazole rings is 1. The predicted molar refractivity (Wildman–Crippen MR) is 133 cm³/mol. The van der Waals surface area contributed by atoms with Crippen molar-refractivity contribution in [3.63, 3.8) is 0 Å². The van der Waals surface area contributed by atoms with Crippen molar-refractivity contribution in [3.05, 3.63) is 59.2 Å². The molecule has 6 nitrogen and oxygen atoms in total. The van der Waals surface area contributed by atoms with Crippen LogP contribution in [-0.4, -0.2) is 40.5 Å². The van der Waals surface area contributed by atoms with E-state index in [1.54, 1.807) is 0 Å². The lowest BCUT2D eigenvalue weighted by molar-refractivity contribution is -0.123. The molecule has 0 saturated carbocycles. The Morgan fingerprint density at radius 2 is 1.97 bits per heavy atom. The van der Waals surface area contributed by atoms with Crippen molar-refractivity contribution < 1.29 is 4.79 Å². The zero-order valence-electron chi connectivity index (χ0n) is 19.9. The fraction of sp³-hybridized carbons (Fsp3) is 0.444. The van der Waals surface area contributed by atoms with Gasteiger partial charge in [-0.3, -0.25) is 4.79 Å². The van der Waals surface area contributed by atoms with Crippen molar-refractivity contribution in [2.24, 2.45) is 5.92 Å². The number of benzene rings is 1. The van der Waals surface area contributed by atoms with Crippen LogP contribution in [0.3, 0.4) is 0 Å². The highest BCUT2D eigenvalue weighted by molar-refractivity contribution is 5.99. The maximum atomic E-state index is 13.8. The van der Waals surface area contributed by atoms with E-state index in [0.717, 1.165) is 79.5 Å². The summed E-state index contributed by atoms with van der Waals surface area (Å²) in [5.41, 5.74) is 6.63. The molecule has 6 heteroatoms. The van der Waals surface area contributed by atoms with Crippen molar-refractivity contribution in [3.8, 4) is 11.3 Å². The van der Waals surface area contributed by atoms with Crippen LogP contribution in [0.5, 0.6) is 0 Å². The fourth-order valence-electron chi connectivity index (χ4n) is 5.24. The SMILES string of the molecule is CCCc1nc2c([nH]1)CCN(C(=O)C1CCN(c3ncccc3C)CC1)c1ccc(C)cc1-2. The van der Waals surface area contributed by atoms with Gasteiger partial charge in [0.05, 0.1) is 11.4 Å². The number of fused-ring (bicyclic) bond motifs is 3. The number of nitrogens with zero attached hydrogens (tertiary/aromatic N) is 4. The molecule has 0 aliphatic carbocycles. The van der Waals surface area contributed by atoms with Crippen LogP contribution in [0.1, 0.15) is 48.8 Å². The fourth-order valence-corrected chi connectivity index (χ4v) is 5.24. The summed E-state index contributed by atoms with van der Waals surface area (Å²) in [5, 5.41) is 0. The number of rotatable bonds is 4. The molecular formula is C27H33N5O. The molecule has 0 unspecified atom stereocenters. The largest absolute Gasteiger partial charge is 0.356 e. The number of hydrogen-bond acceptors (Lipinski definition) is 4. The summed E-state index contributed by atoms with van der Waals surface area (Å²) in [7, 11) is 0. The molecule has 5 rings (SSSR count). The third kappa shape index (κ3) is 4.14. The summed E-state index contributed by atoms with van der Waals surface area (Å²) in [5.74, 6) is 2.38. The minimum atomic E-state index is 0.0412. The number of anilines is 2. The van der Waals surface area contributed by atoms with E-state index in [2.05, 4.69) is 59.9 Å². The zero-order chi connectivity index (χ0) is 22.9. The van der Waals surface area contributed by atoms with Gasteiger partial charge in [-0.1, -0.05) is 24.6 Å². The van der Waals surface area contributed by atoms with E-state index in [4.69, 9.17) is 4.98 Å². The summed E-state index contributed by atoms with van der Waals surface area (Å²) >= 11 is 0. The minimum absolute atomic E-state index is 0.0412. The van der Waals surface area contributed by atoms with Crippen LogP contribution in [0.15, 0.2) is 36.5 Å². The first-order valence-corrected chi connectivity index (χ1v) is 12.2.